The molecular weight excluding hydrogens is 366 g/mol. The fraction of sp³-hybridized carbons (Fsp3) is 0.278. The van der Waals surface area contributed by atoms with Gasteiger partial charge in [-0.1, -0.05) is 5.16 Å². The van der Waals surface area contributed by atoms with E-state index in [1.165, 1.54) is 12.3 Å². The fourth-order valence-corrected chi connectivity index (χ4v) is 2.74. The largest absolute Gasteiger partial charge is 0.506 e. The maximum Gasteiger partial charge on any atom is 0.339 e. The quantitative estimate of drug-likeness (QED) is 0.563. The molecule has 0 spiro atoms. The van der Waals surface area contributed by atoms with Crippen molar-refractivity contribution in [3.05, 3.63) is 42.2 Å². The summed E-state index contributed by atoms with van der Waals surface area (Å²) in [6.45, 7) is 0. The predicted octanol–water partition coefficient (Wildman–Crippen LogP) is 2.24. The molecule has 3 aromatic rings. The molecule has 1 saturated carbocycles. The highest BCUT2D eigenvalue weighted by Crippen LogP contribution is 2.36. The highest BCUT2D eigenvalue weighted by atomic mass is 16.5. The molecule has 1 aliphatic rings. The van der Waals surface area contributed by atoms with Crippen LogP contribution in [0.15, 0.2) is 35.2 Å². The molecule has 0 bridgehead atoms. The van der Waals surface area contributed by atoms with Gasteiger partial charge in [0.2, 0.25) is 17.6 Å². The lowest BCUT2D eigenvalue weighted by Crippen LogP contribution is -2.14. The number of carboxylic acid groups (broad SMARTS) is 1. The third kappa shape index (κ3) is 3.85. The van der Waals surface area contributed by atoms with Crippen LogP contribution in [0, 0.1) is 0 Å². The third-order valence-electron chi connectivity index (χ3n) is 4.33. The highest BCUT2D eigenvalue weighted by molar-refractivity contribution is 6.00. The van der Waals surface area contributed by atoms with Crippen molar-refractivity contribution < 1.29 is 24.3 Å². The molecule has 28 heavy (non-hydrogen) atoms. The van der Waals surface area contributed by atoms with E-state index in [2.05, 4.69) is 20.4 Å². The van der Waals surface area contributed by atoms with Crippen molar-refractivity contribution in [1.29, 1.82) is 0 Å². The summed E-state index contributed by atoms with van der Waals surface area (Å²) in [5.74, 6) is -0.893. The summed E-state index contributed by atoms with van der Waals surface area (Å²) in [7, 11) is 0. The van der Waals surface area contributed by atoms with E-state index in [9.17, 15) is 19.8 Å². The van der Waals surface area contributed by atoms with Crippen molar-refractivity contribution in [1.82, 2.24) is 19.7 Å². The summed E-state index contributed by atoms with van der Waals surface area (Å²) in [6.07, 6.45) is 6.74. The van der Waals surface area contributed by atoms with Gasteiger partial charge in [-0.3, -0.25) is 4.79 Å². The number of anilines is 1. The average molecular weight is 383 g/mol. The molecule has 1 fully saturated rings. The molecule has 3 N–H and O–H groups in total. The number of pyridine rings is 1. The second-order valence-electron chi connectivity index (χ2n) is 6.53. The number of aryl methyl sites for hydroxylation is 1. The Morgan fingerprint density at radius 3 is 2.79 bits per heavy atom. The summed E-state index contributed by atoms with van der Waals surface area (Å²) >= 11 is 0. The zero-order valence-corrected chi connectivity index (χ0v) is 14.7. The number of hydrogen-bond acceptors (Lipinski definition) is 7. The topological polar surface area (TPSA) is 143 Å². The Bertz CT molecular complexity index is 1020. The SMILES string of the molecule is O=C(CCc1nc(-c2ccc(O)cn2)no1)Nc1cn(C2CC2)cc1C(=O)O. The number of carbonyl (C=O) groups excluding carboxylic acids is 1. The van der Waals surface area contributed by atoms with Crippen molar-refractivity contribution >= 4 is 17.6 Å². The van der Waals surface area contributed by atoms with Gasteiger partial charge in [0, 0.05) is 31.3 Å². The van der Waals surface area contributed by atoms with Crippen molar-refractivity contribution in [2.75, 3.05) is 5.32 Å². The van der Waals surface area contributed by atoms with E-state index in [1.807, 2.05) is 4.57 Å². The lowest BCUT2D eigenvalue weighted by Gasteiger charge is -2.03. The number of amides is 1. The number of hydrogen-bond donors (Lipinski definition) is 3. The van der Waals surface area contributed by atoms with Gasteiger partial charge in [0.25, 0.3) is 0 Å². The normalized spacial score (nSPS) is 13.4. The van der Waals surface area contributed by atoms with E-state index in [1.54, 1.807) is 18.5 Å². The van der Waals surface area contributed by atoms with E-state index in [-0.39, 0.29) is 47.5 Å². The summed E-state index contributed by atoms with van der Waals surface area (Å²) in [5, 5.41) is 25.0. The molecule has 0 saturated heterocycles. The molecule has 1 aliphatic carbocycles. The Morgan fingerprint density at radius 2 is 2.11 bits per heavy atom. The fourth-order valence-electron chi connectivity index (χ4n) is 2.74. The van der Waals surface area contributed by atoms with Crippen LogP contribution in [0.3, 0.4) is 0 Å². The third-order valence-corrected chi connectivity index (χ3v) is 4.33. The highest BCUT2D eigenvalue weighted by Gasteiger charge is 2.26. The summed E-state index contributed by atoms with van der Waals surface area (Å²) in [5.41, 5.74) is 0.785. The van der Waals surface area contributed by atoms with Gasteiger partial charge in [0.05, 0.1) is 11.9 Å². The molecule has 3 aromatic heterocycles. The van der Waals surface area contributed by atoms with Gasteiger partial charge < -0.3 is 24.6 Å². The second-order valence-corrected chi connectivity index (χ2v) is 6.53. The molecule has 0 aromatic carbocycles. The van der Waals surface area contributed by atoms with Crippen molar-refractivity contribution in [3.63, 3.8) is 0 Å². The van der Waals surface area contributed by atoms with Crippen LogP contribution in [0.4, 0.5) is 5.69 Å². The molecule has 10 nitrogen and oxygen atoms in total. The van der Waals surface area contributed by atoms with Crippen molar-refractivity contribution in [2.24, 2.45) is 0 Å². The predicted molar refractivity (Wildman–Crippen MR) is 95.8 cm³/mol. The Hall–Kier alpha value is -3.69. The smallest absolute Gasteiger partial charge is 0.339 e. The zero-order valence-electron chi connectivity index (χ0n) is 14.7. The van der Waals surface area contributed by atoms with E-state index >= 15 is 0 Å². The number of nitrogens with one attached hydrogen (secondary N) is 1. The first-order valence-electron chi connectivity index (χ1n) is 8.72. The second kappa shape index (κ2) is 7.14. The van der Waals surface area contributed by atoms with E-state index < -0.39 is 5.97 Å². The standard InChI is InChI=1S/C18H17N5O5/c24-11-3-4-13(19-7-11)17-21-16(28-22-17)6-5-15(25)20-14-9-23(10-1-2-10)8-12(14)18(26)27/h3-4,7-10,24H,1-2,5-6H2,(H,20,25)(H,26,27). The first-order valence-corrected chi connectivity index (χ1v) is 8.72. The van der Waals surface area contributed by atoms with E-state index in [4.69, 9.17) is 4.52 Å². The molecule has 4 rings (SSSR count). The number of carbonyl (C=O) groups is 2. The molecule has 3 heterocycles. The molecule has 144 valence electrons. The minimum absolute atomic E-state index is 0.0281. The monoisotopic (exact) mass is 383 g/mol. The molecular formula is C18H17N5O5. The van der Waals surface area contributed by atoms with Crippen LogP contribution in [0.2, 0.25) is 0 Å². The maximum absolute atomic E-state index is 12.2. The molecule has 0 atom stereocenters. The Morgan fingerprint density at radius 1 is 1.29 bits per heavy atom. The van der Waals surface area contributed by atoms with Crippen LogP contribution in [-0.4, -0.2) is 41.8 Å². The van der Waals surface area contributed by atoms with Crippen LogP contribution < -0.4 is 5.32 Å². The van der Waals surface area contributed by atoms with Crippen LogP contribution >= 0.6 is 0 Å². The number of aromatic hydroxyl groups is 1. The van der Waals surface area contributed by atoms with Gasteiger partial charge in [-0.25, -0.2) is 9.78 Å². The molecule has 0 aliphatic heterocycles. The lowest BCUT2D eigenvalue weighted by atomic mass is 10.2. The molecule has 0 radical (unpaired) electrons. The minimum Gasteiger partial charge on any atom is -0.506 e. The van der Waals surface area contributed by atoms with Crippen LogP contribution in [0.25, 0.3) is 11.5 Å². The lowest BCUT2D eigenvalue weighted by molar-refractivity contribution is -0.116. The minimum atomic E-state index is -1.09. The maximum atomic E-state index is 12.2. The Labute approximate surface area is 158 Å². The van der Waals surface area contributed by atoms with Crippen LogP contribution in [-0.2, 0) is 11.2 Å². The van der Waals surface area contributed by atoms with Gasteiger partial charge in [0.15, 0.2) is 0 Å². The van der Waals surface area contributed by atoms with Crippen LogP contribution in [0.5, 0.6) is 5.75 Å². The first kappa shape index (κ1) is 17.7. The number of aromatic carboxylic acids is 1. The number of rotatable bonds is 7. The number of aromatic nitrogens is 4. The van der Waals surface area contributed by atoms with Gasteiger partial charge in [-0.05, 0) is 25.0 Å². The van der Waals surface area contributed by atoms with Gasteiger partial charge >= 0.3 is 5.97 Å². The van der Waals surface area contributed by atoms with Crippen molar-refractivity contribution in [3.8, 4) is 17.3 Å². The molecule has 10 heteroatoms. The summed E-state index contributed by atoms with van der Waals surface area (Å²) in [4.78, 5) is 31.8. The van der Waals surface area contributed by atoms with E-state index in [0.717, 1.165) is 12.8 Å². The number of nitrogens with zero attached hydrogens (tertiary/aromatic N) is 4. The molecule has 1 amide bonds. The average Bonchev–Trinajstić information content (AvgIpc) is 3.26. The van der Waals surface area contributed by atoms with Gasteiger partial charge in [0.1, 0.15) is 17.0 Å². The Kier molecular flexibility index (Phi) is 4.52. The summed E-state index contributed by atoms with van der Waals surface area (Å²) in [6, 6.07) is 3.32. The van der Waals surface area contributed by atoms with Crippen molar-refractivity contribution in [2.45, 2.75) is 31.7 Å². The first-order chi connectivity index (χ1) is 13.5. The van der Waals surface area contributed by atoms with E-state index in [0.29, 0.717) is 11.7 Å². The zero-order chi connectivity index (χ0) is 19.7. The van der Waals surface area contributed by atoms with Gasteiger partial charge in [-0.2, -0.15) is 4.98 Å². The Balaban J connectivity index is 1.37. The number of carboxylic acids is 1. The molecule has 0 unspecified atom stereocenters. The summed E-state index contributed by atoms with van der Waals surface area (Å²) < 4.78 is 6.94. The van der Waals surface area contributed by atoms with Gasteiger partial charge in [-0.15, -0.1) is 0 Å². The van der Waals surface area contributed by atoms with Crippen LogP contribution in [0.1, 0.15) is 41.6 Å².